The number of carbonyl (C=O) groups excluding carboxylic acids is 1. The van der Waals surface area contributed by atoms with E-state index in [0.717, 1.165) is 26.0 Å². The second-order valence-electron chi connectivity index (χ2n) is 7.96. The predicted octanol–water partition coefficient (Wildman–Crippen LogP) is 3.31. The Labute approximate surface area is 196 Å². The van der Waals surface area contributed by atoms with Gasteiger partial charge in [-0.25, -0.2) is 0 Å². The van der Waals surface area contributed by atoms with E-state index in [2.05, 4.69) is 11.8 Å². The molecule has 0 aromatic carbocycles. The van der Waals surface area contributed by atoms with E-state index in [-0.39, 0.29) is 5.97 Å². The average Bonchev–Trinajstić information content (AvgIpc) is 2.77. The number of hydrogen-bond donors (Lipinski definition) is 0. The minimum absolute atomic E-state index is 0.128. The maximum atomic E-state index is 11.6. The molecule has 0 radical (unpaired) electrons. The van der Waals surface area contributed by atoms with Crippen LogP contribution in [0.2, 0.25) is 0 Å². The third-order valence-corrected chi connectivity index (χ3v) is 4.65. The van der Waals surface area contributed by atoms with Crippen LogP contribution in [0.25, 0.3) is 0 Å². The highest BCUT2D eigenvalue weighted by Gasteiger charge is 2.02. The number of unbranched alkanes of at least 4 members (excludes halogenated alkanes) is 6. The third kappa shape index (κ3) is 27.3. The summed E-state index contributed by atoms with van der Waals surface area (Å²) in [6, 6.07) is 0. The van der Waals surface area contributed by atoms with Gasteiger partial charge in [0, 0.05) is 13.0 Å². The lowest BCUT2D eigenvalue weighted by molar-refractivity contribution is -0.145. The zero-order valence-electron chi connectivity index (χ0n) is 20.9. The molecule has 0 aromatic rings. The van der Waals surface area contributed by atoms with Gasteiger partial charge in [0.2, 0.25) is 0 Å². The maximum absolute atomic E-state index is 11.6. The van der Waals surface area contributed by atoms with E-state index in [4.69, 9.17) is 28.4 Å². The van der Waals surface area contributed by atoms with Crippen molar-refractivity contribution in [1.29, 1.82) is 0 Å². The smallest absolute Gasteiger partial charge is 0.305 e. The van der Waals surface area contributed by atoms with Crippen LogP contribution in [0.15, 0.2) is 0 Å². The van der Waals surface area contributed by atoms with Crippen LogP contribution in [0.4, 0.5) is 0 Å². The molecule has 0 unspecified atom stereocenters. The highest BCUT2D eigenvalue weighted by atomic mass is 16.6. The lowest BCUT2D eigenvalue weighted by Gasteiger charge is -2.10. The molecule has 0 amide bonds. The SMILES string of the molecule is CCCCCCCCCC(=O)OCCOCCOCCOCCOCCOCCN(C)C. The Bertz CT molecular complexity index is 383. The monoisotopic (exact) mass is 463 g/mol. The van der Waals surface area contributed by atoms with Crippen LogP contribution >= 0.6 is 0 Å². The Morgan fingerprint density at radius 3 is 1.44 bits per heavy atom. The van der Waals surface area contributed by atoms with E-state index in [1.165, 1.54) is 32.1 Å². The van der Waals surface area contributed by atoms with Crippen molar-refractivity contribution in [3.63, 3.8) is 0 Å². The minimum atomic E-state index is -0.128. The molecule has 8 heteroatoms. The van der Waals surface area contributed by atoms with E-state index in [1.54, 1.807) is 0 Å². The van der Waals surface area contributed by atoms with E-state index in [1.807, 2.05) is 14.1 Å². The van der Waals surface area contributed by atoms with E-state index < -0.39 is 0 Å². The molecule has 0 fully saturated rings. The Morgan fingerprint density at radius 1 is 0.562 bits per heavy atom. The van der Waals surface area contributed by atoms with Crippen molar-refractivity contribution in [3.8, 4) is 0 Å². The van der Waals surface area contributed by atoms with Crippen molar-refractivity contribution in [2.75, 3.05) is 93.3 Å². The molecule has 192 valence electrons. The predicted molar refractivity (Wildman–Crippen MR) is 126 cm³/mol. The summed E-state index contributed by atoms with van der Waals surface area (Å²) in [6.45, 7) is 8.87. The first kappa shape index (κ1) is 31.2. The fraction of sp³-hybridized carbons (Fsp3) is 0.958. The first-order valence-corrected chi connectivity index (χ1v) is 12.4. The van der Waals surface area contributed by atoms with Crippen LogP contribution in [0.1, 0.15) is 58.3 Å². The quantitative estimate of drug-likeness (QED) is 0.143. The highest BCUT2D eigenvalue weighted by molar-refractivity contribution is 5.69. The van der Waals surface area contributed by atoms with Crippen molar-refractivity contribution in [3.05, 3.63) is 0 Å². The molecule has 0 aliphatic carbocycles. The first-order chi connectivity index (χ1) is 15.7. The Kier molecular flexibility index (Phi) is 25.8. The van der Waals surface area contributed by atoms with Crippen molar-refractivity contribution >= 4 is 5.97 Å². The molecule has 0 atom stereocenters. The average molecular weight is 464 g/mol. The van der Waals surface area contributed by atoms with Crippen LogP contribution in [-0.4, -0.2) is 104 Å². The van der Waals surface area contributed by atoms with Gasteiger partial charge in [-0.15, -0.1) is 0 Å². The van der Waals surface area contributed by atoms with Gasteiger partial charge in [0.15, 0.2) is 0 Å². The number of carbonyl (C=O) groups is 1. The molecule has 0 rings (SSSR count). The van der Waals surface area contributed by atoms with Crippen molar-refractivity contribution in [1.82, 2.24) is 4.90 Å². The molecular formula is C24H49NO7. The van der Waals surface area contributed by atoms with Crippen LogP contribution in [0.5, 0.6) is 0 Å². The number of nitrogens with zero attached hydrogens (tertiary/aromatic N) is 1. The largest absolute Gasteiger partial charge is 0.463 e. The van der Waals surface area contributed by atoms with Gasteiger partial charge in [-0.3, -0.25) is 4.79 Å². The molecule has 0 saturated carbocycles. The molecule has 0 N–H and O–H groups in total. The summed E-state index contributed by atoms with van der Waals surface area (Å²) in [4.78, 5) is 13.7. The zero-order chi connectivity index (χ0) is 23.5. The highest BCUT2D eigenvalue weighted by Crippen LogP contribution is 2.08. The number of esters is 1. The molecule has 0 aromatic heterocycles. The summed E-state index contributed by atoms with van der Waals surface area (Å²) >= 11 is 0. The first-order valence-electron chi connectivity index (χ1n) is 12.4. The van der Waals surface area contributed by atoms with Crippen LogP contribution < -0.4 is 0 Å². The molecule has 0 aliphatic rings. The standard InChI is InChI=1S/C24H49NO7/c1-4-5-6-7-8-9-10-11-24(26)32-23-22-31-21-20-30-19-18-29-17-16-28-15-14-27-13-12-25(2)3/h4-23H2,1-3H3. The fourth-order valence-electron chi connectivity index (χ4n) is 2.74. The zero-order valence-corrected chi connectivity index (χ0v) is 20.9. The normalized spacial score (nSPS) is 11.4. The number of ether oxygens (including phenoxy) is 6. The summed E-state index contributed by atoms with van der Waals surface area (Å²) < 4.78 is 32.3. The second kappa shape index (κ2) is 26.5. The molecule has 0 saturated heterocycles. The van der Waals surface area contributed by atoms with Gasteiger partial charge in [-0.1, -0.05) is 45.4 Å². The van der Waals surface area contributed by atoms with Gasteiger partial charge in [-0.05, 0) is 20.5 Å². The van der Waals surface area contributed by atoms with Gasteiger partial charge in [0.05, 0.1) is 66.1 Å². The summed E-state index contributed by atoms with van der Waals surface area (Å²) in [5.41, 5.74) is 0. The number of hydrogen-bond acceptors (Lipinski definition) is 8. The minimum Gasteiger partial charge on any atom is -0.463 e. The van der Waals surface area contributed by atoms with Crippen LogP contribution in [-0.2, 0) is 33.2 Å². The lowest BCUT2D eigenvalue weighted by Crippen LogP contribution is -2.19. The fourth-order valence-corrected chi connectivity index (χ4v) is 2.74. The summed E-state index contributed by atoms with van der Waals surface area (Å²) in [7, 11) is 4.04. The number of likely N-dealkylation sites (N-methyl/N-ethyl adjacent to an activating group) is 1. The van der Waals surface area contributed by atoms with Gasteiger partial charge >= 0.3 is 5.97 Å². The van der Waals surface area contributed by atoms with Gasteiger partial charge in [-0.2, -0.15) is 0 Å². The Hall–Kier alpha value is -0.770. The van der Waals surface area contributed by atoms with Gasteiger partial charge in [0.25, 0.3) is 0 Å². The molecule has 0 aliphatic heterocycles. The van der Waals surface area contributed by atoms with E-state index >= 15 is 0 Å². The second-order valence-corrected chi connectivity index (χ2v) is 7.96. The summed E-state index contributed by atoms with van der Waals surface area (Å²) in [5, 5.41) is 0. The maximum Gasteiger partial charge on any atom is 0.305 e. The Balaban J connectivity index is 3.12. The van der Waals surface area contributed by atoms with Crippen LogP contribution in [0, 0.1) is 0 Å². The van der Waals surface area contributed by atoms with Gasteiger partial charge in [0.1, 0.15) is 6.61 Å². The van der Waals surface area contributed by atoms with Gasteiger partial charge < -0.3 is 33.3 Å². The van der Waals surface area contributed by atoms with Crippen molar-refractivity contribution in [2.45, 2.75) is 58.3 Å². The summed E-state index contributed by atoms with van der Waals surface area (Å²) in [6.07, 6.45) is 8.89. The molecule has 32 heavy (non-hydrogen) atoms. The lowest BCUT2D eigenvalue weighted by atomic mass is 10.1. The van der Waals surface area contributed by atoms with E-state index in [0.29, 0.717) is 72.5 Å². The van der Waals surface area contributed by atoms with Crippen molar-refractivity contribution in [2.24, 2.45) is 0 Å². The molecule has 0 bridgehead atoms. The molecule has 0 spiro atoms. The topological polar surface area (TPSA) is 75.7 Å². The molecule has 8 nitrogen and oxygen atoms in total. The van der Waals surface area contributed by atoms with Crippen LogP contribution in [0.3, 0.4) is 0 Å². The van der Waals surface area contributed by atoms with E-state index in [9.17, 15) is 4.79 Å². The number of rotatable bonds is 26. The third-order valence-electron chi connectivity index (χ3n) is 4.65. The Morgan fingerprint density at radius 2 is 0.969 bits per heavy atom. The molecular weight excluding hydrogens is 414 g/mol. The van der Waals surface area contributed by atoms with Crippen molar-refractivity contribution < 1.29 is 33.2 Å². The summed E-state index contributed by atoms with van der Waals surface area (Å²) in [5.74, 6) is -0.128. The molecule has 0 heterocycles.